The van der Waals surface area contributed by atoms with E-state index in [0.29, 0.717) is 19.3 Å². The summed E-state index contributed by atoms with van der Waals surface area (Å²) in [5.74, 6) is 3.28. The van der Waals surface area contributed by atoms with Crippen molar-refractivity contribution in [2.75, 3.05) is 19.8 Å². The average Bonchev–Trinajstić information content (AvgIpc) is 3.16. The van der Waals surface area contributed by atoms with E-state index in [1.807, 2.05) is 0 Å². The van der Waals surface area contributed by atoms with E-state index in [1.54, 1.807) is 0 Å². The van der Waals surface area contributed by atoms with Gasteiger partial charge in [-0.05, 0) is 48.9 Å². The zero-order valence-corrected chi connectivity index (χ0v) is 13.7. The Morgan fingerprint density at radius 1 is 1.30 bits per heavy atom. The second-order valence-electron chi connectivity index (χ2n) is 5.83. The molecule has 3 nitrogen and oxygen atoms in total. The van der Waals surface area contributed by atoms with Crippen LogP contribution in [0.2, 0.25) is 0 Å². The van der Waals surface area contributed by atoms with E-state index in [2.05, 4.69) is 47.2 Å². The predicted octanol–water partition coefficient (Wildman–Crippen LogP) is 3.92. The first-order valence-electron chi connectivity index (χ1n) is 7.53. The highest BCUT2D eigenvalue weighted by atomic mass is 79.9. The molecule has 0 amide bonds. The third kappa shape index (κ3) is 2.82. The van der Waals surface area contributed by atoms with Crippen molar-refractivity contribution in [3.8, 4) is 11.5 Å². The molecule has 4 heteroatoms. The third-order valence-corrected chi connectivity index (χ3v) is 4.90. The van der Waals surface area contributed by atoms with Crippen molar-refractivity contribution in [1.29, 1.82) is 0 Å². The van der Waals surface area contributed by atoms with Crippen molar-refractivity contribution < 1.29 is 9.47 Å². The Morgan fingerprint density at radius 3 is 2.55 bits per heavy atom. The monoisotopic (exact) mass is 339 g/mol. The van der Waals surface area contributed by atoms with Crippen LogP contribution in [0, 0.1) is 11.8 Å². The summed E-state index contributed by atoms with van der Waals surface area (Å²) in [6, 6.07) is 4.61. The molecule has 3 unspecified atom stereocenters. The molecule has 0 radical (unpaired) electrons. The lowest BCUT2D eigenvalue weighted by atomic mass is 10.00. The molecule has 1 heterocycles. The zero-order valence-electron chi connectivity index (χ0n) is 12.1. The summed E-state index contributed by atoms with van der Waals surface area (Å²) >= 11 is 3.71. The number of rotatable bonds is 5. The molecule has 2 aliphatic rings. The van der Waals surface area contributed by atoms with E-state index in [1.165, 1.54) is 12.0 Å². The molecule has 1 aromatic carbocycles. The predicted molar refractivity (Wildman–Crippen MR) is 83.4 cm³/mol. The number of halogens is 1. The number of hydrogen-bond donors (Lipinski definition) is 1. The average molecular weight is 340 g/mol. The van der Waals surface area contributed by atoms with Gasteiger partial charge in [-0.25, -0.2) is 0 Å². The lowest BCUT2D eigenvalue weighted by Gasteiger charge is -2.24. The van der Waals surface area contributed by atoms with Crippen LogP contribution in [-0.2, 0) is 0 Å². The van der Waals surface area contributed by atoms with Gasteiger partial charge in [0.25, 0.3) is 0 Å². The third-order valence-electron chi connectivity index (χ3n) is 4.21. The maximum absolute atomic E-state index is 5.73. The van der Waals surface area contributed by atoms with Gasteiger partial charge >= 0.3 is 0 Å². The molecular formula is C16H22BrNO2. The largest absolute Gasteiger partial charge is 0.486 e. The van der Waals surface area contributed by atoms with Crippen molar-refractivity contribution >= 4 is 15.9 Å². The van der Waals surface area contributed by atoms with Crippen LogP contribution in [0.1, 0.15) is 38.3 Å². The Bertz CT molecular complexity index is 492. The van der Waals surface area contributed by atoms with E-state index in [4.69, 9.17) is 9.47 Å². The summed E-state index contributed by atoms with van der Waals surface area (Å²) in [6.07, 6.45) is 2.46. The molecule has 0 spiro atoms. The fraction of sp³-hybridized carbons (Fsp3) is 0.625. The number of hydrogen-bond acceptors (Lipinski definition) is 3. The van der Waals surface area contributed by atoms with Crippen molar-refractivity contribution in [3.63, 3.8) is 0 Å². The highest BCUT2D eigenvalue weighted by molar-refractivity contribution is 9.10. The molecule has 1 fully saturated rings. The summed E-state index contributed by atoms with van der Waals surface area (Å²) in [5, 5.41) is 3.70. The summed E-state index contributed by atoms with van der Waals surface area (Å²) in [5.41, 5.74) is 1.30. The Balaban J connectivity index is 1.89. The van der Waals surface area contributed by atoms with Crippen LogP contribution in [-0.4, -0.2) is 19.8 Å². The lowest BCUT2D eigenvalue weighted by Crippen LogP contribution is -2.25. The molecular weight excluding hydrogens is 318 g/mol. The molecule has 0 bridgehead atoms. The number of ether oxygens (including phenoxy) is 2. The van der Waals surface area contributed by atoms with Crippen LogP contribution in [0.25, 0.3) is 0 Å². The van der Waals surface area contributed by atoms with Gasteiger partial charge in [0.1, 0.15) is 13.2 Å². The second-order valence-corrected chi connectivity index (χ2v) is 6.68. The van der Waals surface area contributed by atoms with E-state index in [9.17, 15) is 0 Å². The van der Waals surface area contributed by atoms with Crippen molar-refractivity contribution in [2.45, 2.75) is 32.7 Å². The fourth-order valence-electron chi connectivity index (χ4n) is 2.93. The Morgan fingerprint density at radius 2 is 1.95 bits per heavy atom. The van der Waals surface area contributed by atoms with Crippen LogP contribution in [0.3, 0.4) is 0 Å². The molecule has 3 atom stereocenters. The Hall–Kier alpha value is -0.740. The fourth-order valence-corrected chi connectivity index (χ4v) is 3.49. The molecule has 1 N–H and O–H groups in total. The normalized spacial score (nSPS) is 25.4. The molecule has 0 saturated heterocycles. The minimum Gasteiger partial charge on any atom is -0.486 e. The highest BCUT2D eigenvalue weighted by Gasteiger charge is 2.40. The van der Waals surface area contributed by atoms with Gasteiger partial charge in [0, 0.05) is 10.5 Å². The van der Waals surface area contributed by atoms with Gasteiger partial charge in [-0.3, -0.25) is 0 Å². The lowest BCUT2D eigenvalue weighted by molar-refractivity contribution is 0.171. The summed E-state index contributed by atoms with van der Waals surface area (Å²) in [4.78, 5) is 0. The number of fused-ring (bicyclic) bond motifs is 1. The van der Waals surface area contributed by atoms with E-state index in [0.717, 1.165) is 40.8 Å². The quantitative estimate of drug-likeness (QED) is 0.881. The SMILES string of the molecule is CCCNC(c1cc2c(cc1Br)OCCO2)C1CC1C. The van der Waals surface area contributed by atoms with Gasteiger partial charge in [0.05, 0.1) is 0 Å². The minimum atomic E-state index is 0.412. The van der Waals surface area contributed by atoms with Gasteiger partial charge in [-0.1, -0.05) is 29.8 Å². The molecule has 20 heavy (non-hydrogen) atoms. The Labute approximate surface area is 129 Å². The van der Waals surface area contributed by atoms with E-state index >= 15 is 0 Å². The van der Waals surface area contributed by atoms with Crippen molar-refractivity contribution in [3.05, 3.63) is 22.2 Å². The van der Waals surface area contributed by atoms with Gasteiger partial charge in [0.2, 0.25) is 0 Å². The molecule has 1 aromatic rings. The first-order valence-corrected chi connectivity index (χ1v) is 8.32. The Kier molecular flexibility index (Phi) is 4.22. The maximum atomic E-state index is 5.73. The molecule has 110 valence electrons. The van der Waals surface area contributed by atoms with Crippen LogP contribution in [0.15, 0.2) is 16.6 Å². The van der Waals surface area contributed by atoms with Crippen LogP contribution >= 0.6 is 15.9 Å². The van der Waals surface area contributed by atoms with Gasteiger partial charge in [-0.15, -0.1) is 0 Å². The summed E-state index contributed by atoms with van der Waals surface area (Å²) in [7, 11) is 0. The zero-order chi connectivity index (χ0) is 14.1. The van der Waals surface area contributed by atoms with Crippen molar-refractivity contribution in [1.82, 2.24) is 5.32 Å². The molecule has 1 aliphatic heterocycles. The van der Waals surface area contributed by atoms with Gasteiger partial charge < -0.3 is 14.8 Å². The standard InChI is InChI=1S/C16H22BrNO2/c1-3-4-18-16(11-7-10(11)2)12-8-14-15(9-13(12)17)20-6-5-19-14/h8-11,16,18H,3-7H2,1-2H3. The van der Waals surface area contributed by atoms with E-state index < -0.39 is 0 Å². The molecule has 1 saturated carbocycles. The molecule has 1 aliphatic carbocycles. The smallest absolute Gasteiger partial charge is 0.162 e. The minimum absolute atomic E-state index is 0.412. The number of benzene rings is 1. The molecule has 0 aromatic heterocycles. The van der Waals surface area contributed by atoms with Crippen LogP contribution in [0.4, 0.5) is 0 Å². The summed E-state index contributed by atoms with van der Waals surface area (Å²) in [6.45, 7) is 6.86. The second kappa shape index (κ2) is 5.94. The first-order chi connectivity index (χ1) is 9.70. The number of nitrogens with one attached hydrogen (secondary N) is 1. The van der Waals surface area contributed by atoms with Gasteiger partial charge in [-0.2, -0.15) is 0 Å². The highest BCUT2D eigenvalue weighted by Crippen LogP contribution is 2.49. The van der Waals surface area contributed by atoms with Crippen LogP contribution in [0.5, 0.6) is 11.5 Å². The molecule has 3 rings (SSSR count). The maximum Gasteiger partial charge on any atom is 0.162 e. The topological polar surface area (TPSA) is 30.5 Å². The van der Waals surface area contributed by atoms with Gasteiger partial charge in [0.15, 0.2) is 11.5 Å². The van der Waals surface area contributed by atoms with Crippen LogP contribution < -0.4 is 14.8 Å². The van der Waals surface area contributed by atoms with E-state index in [-0.39, 0.29) is 0 Å². The van der Waals surface area contributed by atoms with Crippen molar-refractivity contribution in [2.24, 2.45) is 11.8 Å². The first kappa shape index (κ1) is 14.2. The summed E-state index contributed by atoms with van der Waals surface area (Å²) < 4.78 is 12.5.